The third kappa shape index (κ3) is 2.06. The van der Waals surface area contributed by atoms with Gasteiger partial charge in [0.05, 0.1) is 19.1 Å². The number of rotatable bonds is 1. The second kappa shape index (κ2) is 5.77. The van der Waals surface area contributed by atoms with Crippen LogP contribution in [0.1, 0.15) is 58.8 Å². The predicted molar refractivity (Wildman–Crippen MR) is 105 cm³/mol. The molecule has 4 unspecified atom stereocenters. The minimum Gasteiger partial charge on any atom is -0.469 e. The van der Waals surface area contributed by atoms with Crippen LogP contribution in [0.4, 0.5) is 4.39 Å². The number of fused-ring (bicyclic) bond motifs is 4. The first-order chi connectivity index (χ1) is 14.6. The van der Waals surface area contributed by atoms with Gasteiger partial charge in [0.2, 0.25) is 0 Å². The topological polar surface area (TPSA) is 82.2 Å². The first kappa shape index (κ1) is 19.9. The Morgan fingerprint density at radius 3 is 2.65 bits per heavy atom. The zero-order valence-electron chi connectivity index (χ0n) is 18.2. The molecule has 3 saturated carbocycles. The van der Waals surface area contributed by atoms with Gasteiger partial charge in [-0.25, -0.2) is 4.39 Å². The number of hydrogen-bond donors (Lipinski definition) is 0. The normalized spacial score (nSPS) is 54.3. The molecule has 0 aromatic heterocycles. The average molecular weight is 432 g/mol. The summed E-state index contributed by atoms with van der Waals surface area (Å²) in [5.74, 6) is -2.25. The average Bonchev–Trinajstić information content (AvgIpc) is 3.23. The summed E-state index contributed by atoms with van der Waals surface area (Å²) < 4.78 is 33.7. The predicted octanol–water partition coefficient (Wildman–Crippen LogP) is 3.07. The quantitative estimate of drug-likeness (QED) is 0.468. The van der Waals surface area contributed by atoms with E-state index in [1.54, 1.807) is 0 Å². The highest BCUT2D eigenvalue weighted by molar-refractivity contribution is 5.92. The summed E-state index contributed by atoms with van der Waals surface area (Å²) in [5.41, 5.74) is -1.81. The van der Waals surface area contributed by atoms with Crippen molar-refractivity contribution in [2.45, 2.75) is 82.3 Å². The van der Waals surface area contributed by atoms with Crippen molar-refractivity contribution in [3.63, 3.8) is 0 Å². The van der Waals surface area contributed by atoms with Crippen molar-refractivity contribution >= 4 is 17.7 Å². The summed E-state index contributed by atoms with van der Waals surface area (Å²) in [6, 6.07) is 0. The lowest BCUT2D eigenvalue weighted by molar-refractivity contribution is -0.176. The van der Waals surface area contributed by atoms with Gasteiger partial charge >= 0.3 is 11.9 Å². The third-order valence-electron chi connectivity index (χ3n) is 10.2. The largest absolute Gasteiger partial charge is 0.469 e. The van der Waals surface area contributed by atoms with Crippen LogP contribution < -0.4 is 0 Å². The molecule has 5 fully saturated rings. The van der Waals surface area contributed by atoms with Crippen LogP contribution in [-0.2, 0) is 28.6 Å². The highest BCUT2D eigenvalue weighted by atomic mass is 19.1. The second-order valence-electron chi connectivity index (χ2n) is 11.0. The van der Waals surface area contributed by atoms with Gasteiger partial charge in [0, 0.05) is 29.6 Å². The molecule has 6 rings (SSSR count). The molecule has 9 atom stereocenters. The van der Waals surface area contributed by atoms with Gasteiger partial charge in [-0.15, -0.1) is 0 Å². The molecule has 0 aromatic carbocycles. The van der Waals surface area contributed by atoms with E-state index in [1.165, 1.54) is 13.2 Å². The van der Waals surface area contributed by atoms with Crippen molar-refractivity contribution in [1.82, 2.24) is 0 Å². The minimum absolute atomic E-state index is 0.0181. The van der Waals surface area contributed by atoms with Crippen molar-refractivity contribution in [3.05, 3.63) is 11.6 Å². The zero-order valence-corrected chi connectivity index (χ0v) is 18.2. The SMILES string of the molecule is COC(=O)C1C2C3CC[C@@]4(CCC(=O)O4)[C@@]3(C)C[C@@H]3OC23[C@@]2(C)CCC(=O)C=C2[C@H]1F. The number of carbonyl (C=O) groups excluding carboxylic acids is 3. The Balaban J connectivity index is 1.52. The van der Waals surface area contributed by atoms with Crippen LogP contribution in [0, 0.1) is 28.6 Å². The number of hydrogen-bond acceptors (Lipinski definition) is 6. The molecule has 0 aromatic rings. The number of ketones is 1. The molecule has 0 radical (unpaired) electrons. The monoisotopic (exact) mass is 432 g/mol. The summed E-state index contributed by atoms with van der Waals surface area (Å²) in [6.07, 6.45) is 3.91. The molecule has 168 valence electrons. The van der Waals surface area contributed by atoms with Crippen LogP contribution in [0.15, 0.2) is 11.6 Å². The second-order valence-corrected chi connectivity index (χ2v) is 11.0. The maximum Gasteiger partial charge on any atom is 0.312 e. The molecule has 6 aliphatic rings. The molecular weight excluding hydrogens is 403 g/mol. The lowest BCUT2D eigenvalue weighted by Crippen LogP contribution is -2.66. The highest BCUT2D eigenvalue weighted by Crippen LogP contribution is 2.78. The van der Waals surface area contributed by atoms with Crippen LogP contribution in [0.2, 0.25) is 0 Å². The Labute approximate surface area is 180 Å². The van der Waals surface area contributed by atoms with E-state index in [9.17, 15) is 14.4 Å². The Morgan fingerprint density at radius 1 is 1.19 bits per heavy atom. The summed E-state index contributed by atoms with van der Waals surface area (Å²) in [6.45, 7) is 4.16. The molecule has 0 bridgehead atoms. The molecule has 4 aliphatic carbocycles. The highest BCUT2D eigenvalue weighted by Gasteiger charge is 2.84. The number of alkyl halides is 1. The third-order valence-corrected chi connectivity index (χ3v) is 10.2. The van der Waals surface area contributed by atoms with Gasteiger partial charge in [-0.05, 0) is 49.7 Å². The lowest BCUT2D eigenvalue weighted by Gasteiger charge is -2.59. The minimum atomic E-state index is -1.58. The van der Waals surface area contributed by atoms with E-state index in [0.29, 0.717) is 31.3 Å². The van der Waals surface area contributed by atoms with E-state index in [4.69, 9.17) is 14.2 Å². The van der Waals surface area contributed by atoms with Gasteiger partial charge in [-0.3, -0.25) is 14.4 Å². The van der Waals surface area contributed by atoms with E-state index in [0.717, 1.165) is 19.3 Å². The number of ether oxygens (including phenoxy) is 3. The van der Waals surface area contributed by atoms with Gasteiger partial charge in [-0.2, -0.15) is 0 Å². The van der Waals surface area contributed by atoms with Crippen molar-refractivity contribution in [3.8, 4) is 0 Å². The van der Waals surface area contributed by atoms with Crippen molar-refractivity contribution in [2.75, 3.05) is 7.11 Å². The Kier molecular flexibility index (Phi) is 3.70. The van der Waals surface area contributed by atoms with Gasteiger partial charge < -0.3 is 14.2 Å². The fraction of sp³-hybridized carbons (Fsp3) is 0.792. The van der Waals surface area contributed by atoms with Crippen LogP contribution in [0.3, 0.4) is 0 Å². The maximum absolute atomic E-state index is 16.1. The molecule has 31 heavy (non-hydrogen) atoms. The number of halogens is 1. The van der Waals surface area contributed by atoms with Crippen molar-refractivity contribution in [1.29, 1.82) is 0 Å². The van der Waals surface area contributed by atoms with Gasteiger partial charge in [-0.1, -0.05) is 13.8 Å². The first-order valence-electron chi connectivity index (χ1n) is 11.5. The lowest BCUT2D eigenvalue weighted by atomic mass is 9.43. The molecule has 0 N–H and O–H groups in total. The fourth-order valence-corrected chi connectivity index (χ4v) is 8.69. The fourth-order valence-electron chi connectivity index (χ4n) is 8.69. The Morgan fingerprint density at radius 2 is 1.97 bits per heavy atom. The number of esters is 2. The van der Waals surface area contributed by atoms with E-state index in [1.807, 2.05) is 6.92 Å². The van der Waals surface area contributed by atoms with Gasteiger partial charge in [0.25, 0.3) is 0 Å². The molecule has 7 heteroatoms. The van der Waals surface area contributed by atoms with Crippen LogP contribution >= 0.6 is 0 Å². The molecular formula is C24H29FO6. The Bertz CT molecular complexity index is 944. The van der Waals surface area contributed by atoms with Crippen molar-refractivity contribution < 1.29 is 33.0 Å². The van der Waals surface area contributed by atoms with Crippen LogP contribution in [0.25, 0.3) is 0 Å². The molecule has 2 spiro atoms. The van der Waals surface area contributed by atoms with E-state index in [-0.39, 0.29) is 35.1 Å². The van der Waals surface area contributed by atoms with E-state index >= 15 is 4.39 Å². The number of methoxy groups -OCH3 is 1. The summed E-state index contributed by atoms with van der Waals surface area (Å²) >= 11 is 0. The van der Waals surface area contributed by atoms with E-state index in [2.05, 4.69) is 6.92 Å². The number of epoxide rings is 1. The van der Waals surface area contributed by atoms with Gasteiger partial charge in [0.15, 0.2) is 5.78 Å². The van der Waals surface area contributed by atoms with Crippen LogP contribution in [0.5, 0.6) is 0 Å². The molecule has 2 saturated heterocycles. The summed E-state index contributed by atoms with van der Waals surface area (Å²) in [7, 11) is 1.29. The van der Waals surface area contributed by atoms with Crippen molar-refractivity contribution in [2.24, 2.45) is 28.6 Å². The van der Waals surface area contributed by atoms with E-state index < -0.39 is 34.7 Å². The molecule has 2 aliphatic heterocycles. The Hall–Kier alpha value is -1.76. The smallest absolute Gasteiger partial charge is 0.312 e. The van der Waals surface area contributed by atoms with Gasteiger partial charge in [0.1, 0.15) is 17.4 Å². The maximum atomic E-state index is 16.1. The molecule has 6 nitrogen and oxygen atoms in total. The molecule has 2 heterocycles. The molecule has 0 amide bonds. The first-order valence-corrected chi connectivity index (χ1v) is 11.5. The standard InChI is InChI=1S/C24H29FO6/c1-21-7-4-12(26)10-14(21)19(25)17(20(28)29-3)18-13-5-8-23(9-6-16(27)31-23)22(13,2)11-15-24(18,21)30-15/h10,13,15,17-19H,4-9,11H2,1-3H3/t13?,15-,17?,18?,19+,21-,22-,23+,24?/m0/s1. The number of carbonyl (C=O) groups is 3. The summed E-state index contributed by atoms with van der Waals surface area (Å²) in [5, 5.41) is 0. The van der Waals surface area contributed by atoms with Crippen LogP contribution in [-0.4, -0.2) is 48.3 Å². The summed E-state index contributed by atoms with van der Waals surface area (Å²) in [4.78, 5) is 37.3. The zero-order chi connectivity index (χ0) is 22.0.